The largest absolute Gasteiger partial charge is 0.481 e. The van der Waals surface area contributed by atoms with Crippen LogP contribution in [-0.2, 0) is 4.79 Å². The van der Waals surface area contributed by atoms with E-state index in [1.807, 2.05) is 23.5 Å². The molecule has 1 saturated heterocycles. The summed E-state index contributed by atoms with van der Waals surface area (Å²) in [6, 6.07) is -0.151. The lowest BCUT2D eigenvalue weighted by Gasteiger charge is -2.22. The highest BCUT2D eigenvalue weighted by Crippen LogP contribution is 2.25. The van der Waals surface area contributed by atoms with Crippen molar-refractivity contribution < 1.29 is 14.7 Å². The first-order chi connectivity index (χ1) is 9.15. The predicted molar refractivity (Wildman–Crippen MR) is 78.9 cm³/mol. The van der Waals surface area contributed by atoms with Crippen molar-refractivity contribution in [2.24, 2.45) is 5.92 Å². The number of aliphatic carboxylic acids is 1. The number of carbonyl (C=O) groups is 2. The molecule has 2 aliphatic rings. The van der Waals surface area contributed by atoms with E-state index < -0.39 is 5.97 Å². The van der Waals surface area contributed by atoms with Crippen molar-refractivity contribution in [1.29, 1.82) is 0 Å². The fourth-order valence-electron chi connectivity index (χ4n) is 2.43. The molecule has 19 heavy (non-hydrogen) atoms. The third kappa shape index (κ3) is 4.80. The minimum atomic E-state index is -0.750. The number of amides is 2. The molecule has 1 aliphatic heterocycles. The Morgan fingerprint density at radius 2 is 2.11 bits per heavy atom. The SMILES string of the molecule is O=C(NCC1CSCCS1)NC1CCC(C(=O)O)C1. The smallest absolute Gasteiger partial charge is 0.315 e. The van der Waals surface area contributed by atoms with Gasteiger partial charge < -0.3 is 15.7 Å². The zero-order valence-electron chi connectivity index (χ0n) is 10.8. The quantitative estimate of drug-likeness (QED) is 0.731. The average Bonchev–Trinajstić information content (AvgIpc) is 2.86. The molecule has 1 saturated carbocycles. The minimum Gasteiger partial charge on any atom is -0.481 e. The lowest BCUT2D eigenvalue weighted by Crippen LogP contribution is -2.44. The number of hydrogen-bond donors (Lipinski definition) is 3. The highest BCUT2D eigenvalue weighted by molar-refractivity contribution is 8.06. The number of hydrogen-bond acceptors (Lipinski definition) is 4. The first-order valence-electron chi connectivity index (χ1n) is 6.61. The van der Waals surface area contributed by atoms with Gasteiger partial charge in [-0.2, -0.15) is 23.5 Å². The standard InChI is InChI=1S/C12H20N2O3S2/c15-11(16)8-1-2-9(5-8)14-12(17)13-6-10-7-18-3-4-19-10/h8-10H,1-7H2,(H,15,16)(H2,13,14,17). The number of rotatable bonds is 4. The van der Waals surface area contributed by atoms with Gasteiger partial charge in [0.15, 0.2) is 0 Å². The van der Waals surface area contributed by atoms with Crippen molar-refractivity contribution in [1.82, 2.24) is 10.6 Å². The van der Waals surface area contributed by atoms with Gasteiger partial charge in [-0.3, -0.25) is 4.79 Å². The number of nitrogens with one attached hydrogen (secondary N) is 2. The molecule has 0 aromatic rings. The Balaban J connectivity index is 1.63. The molecule has 3 N–H and O–H groups in total. The molecular formula is C12H20N2O3S2. The molecule has 2 fully saturated rings. The van der Waals surface area contributed by atoms with E-state index in [0.29, 0.717) is 24.6 Å². The molecular weight excluding hydrogens is 284 g/mol. The van der Waals surface area contributed by atoms with Crippen LogP contribution in [0.3, 0.4) is 0 Å². The fraction of sp³-hybridized carbons (Fsp3) is 0.833. The summed E-state index contributed by atoms with van der Waals surface area (Å²) < 4.78 is 0. The molecule has 1 heterocycles. The Morgan fingerprint density at radius 1 is 1.26 bits per heavy atom. The molecule has 0 aromatic heterocycles. The number of urea groups is 1. The van der Waals surface area contributed by atoms with Crippen LogP contribution in [0, 0.1) is 5.92 Å². The van der Waals surface area contributed by atoms with Gasteiger partial charge in [0.25, 0.3) is 0 Å². The van der Waals surface area contributed by atoms with Crippen LogP contribution in [0.25, 0.3) is 0 Å². The number of thioether (sulfide) groups is 2. The normalized spacial score (nSPS) is 30.8. The molecule has 0 aromatic carbocycles. The average molecular weight is 304 g/mol. The van der Waals surface area contributed by atoms with Crippen LogP contribution in [0.15, 0.2) is 0 Å². The zero-order chi connectivity index (χ0) is 13.7. The molecule has 0 spiro atoms. The van der Waals surface area contributed by atoms with Crippen LogP contribution in [0.4, 0.5) is 4.79 Å². The Bertz CT molecular complexity index is 335. The molecule has 0 radical (unpaired) electrons. The van der Waals surface area contributed by atoms with E-state index in [1.54, 1.807) is 0 Å². The van der Waals surface area contributed by atoms with Crippen LogP contribution in [0.2, 0.25) is 0 Å². The lowest BCUT2D eigenvalue weighted by molar-refractivity contribution is -0.141. The molecule has 1 aliphatic carbocycles. The summed E-state index contributed by atoms with van der Waals surface area (Å²) in [5, 5.41) is 15.2. The van der Waals surface area contributed by atoms with Crippen LogP contribution in [0.1, 0.15) is 19.3 Å². The van der Waals surface area contributed by atoms with E-state index in [9.17, 15) is 9.59 Å². The highest BCUT2D eigenvalue weighted by Gasteiger charge is 2.30. The van der Waals surface area contributed by atoms with Crippen molar-refractivity contribution >= 4 is 35.5 Å². The summed E-state index contributed by atoms with van der Waals surface area (Å²) in [5.74, 6) is 2.40. The van der Waals surface area contributed by atoms with Gasteiger partial charge in [-0.1, -0.05) is 0 Å². The second-order valence-corrected chi connectivity index (χ2v) is 7.53. The molecule has 5 nitrogen and oxygen atoms in total. The van der Waals surface area contributed by atoms with E-state index in [-0.39, 0.29) is 18.0 Å². The van der Waals surface area contributed by atoms with E-state index in [2.05, 4.69) is 10.6 Å². The third-order valence-electron chi connectivity index (χ3n) is 3.49. The van der Waals surface area contributed by atoms with E-state index in [1.165, 1.54) is 5.75 Å². The van der Waals surface area contributed by atoms with Crippen LogP contribution < -0.4 is 10.6 Å². The Morgan fingerprint density at radius 3 is 2.74 bits per heavy atom. The predicted octanol–water partition coefficient (Wildman–Crippen LogP) is 1.39. The molecule has 0 bridgehead atoms. The maximum atomic E-state index is 11.7. The Kier molecular flexibility index (Phi) is 5.69. The van der Waals surface area contributed by atoms with Gasteiger partial charge in [0.2, 0.25) is 0 Å². The number of carbonyl (C=O) groups excluding carboxylic acids is 1. The summed E-state index contributed by atoms with van der Waals surface area (Å²) in [4.78, 5) is 22.6. The summed E-state index contributed by atoms with van der Waals surface area (Å²) >= 11 is 3.84. The van der Waals surface area contributed by atoms with Gasteiger partial charge in [0.1, 0.15) is 0 Å². The van der Waals surface area contributed by atoms with Crippen molar-refractivity contribution in [3.8, 4) is 0 Å². The van der Waals surface area contributed by atoms with E-state index in [4.69, 9.17) is 5.11 Å². The van der Waals surface area contributed by atoms with Gasteiger partial charge in [0, 0.05) is 35.1 Å². The first-order valence-corrected chi connectivity index (χ1v) is 8.82. The topological polar surface area (TPSA) is 78.4 Å². The lowest BCUT2D eigenvalue weighted by atomic mass is 10.1. The number of carboxylic acids is 1. The summed E-state index contributed by atoms with van der Waals surface area (Å²) in [6.07, 6.45) is 1.98. The third-order valence-corrected chi connectivity index (χ3v) is 6.34. The maximum Gasteiger partial charge on any atom is 0.315 e. The first kappa shape index (κ1) is 14.8. The summed E-state index contributed by atoms with van der Waals surface area (Å²) in [5.41, 5.74) is 0. The van der Waals surface area contributed by atoms with Crippen molar-refractivity contribution in [2.45, 2.75) is 30.6 Å². The molecule has 2 rings (SSSR count). The minimum absolute atomic E-state index is 0.00878. The van der Waals surface area contributed by atoms with Crippen molar-refractivity contribution in [3.63, 3.8) is 0 Å². The molecule has 3 unspecified atom stereocenters. The summed E-state index contributed by atoms with van der Waals surface area (Å²) in [6.45, 7) is 0.693. The van der Waals surface area contributed by atoms with Crippen molar-refractivity contribution in [2.75, 3.05) is 23.8 Å². The Labute approximate surface area is 121 Å². The highest BCUT2D eigenvalue weighted by atomic mass is 32.2. The van der Waals surface area contributed by atoms with E-state index in [0.717, 1.165) is 17.9 Å². The van der Waals surface area contributed by atoms with Gasteiger partial charge in [-0.25, -0.2) is 4.79 Å². The molecule has 2 amide bonds. The monoisotopic (exact) mass is 304 g/mol. The second kappa shape index (κ2) is 7.28. The number of carboxylic acid groups (broad SMARTS) is 1. The maximum absolute atomic E-state index is 11.7. The van der Waals surface area contributed by atoms with Crippen molar-refractivity contribution in [3.05, 3.63) is 0 Å². The van der Waals surface area contributed by atoms with Gasteiger partial charge >= 0.3 is 12.0 Å². The van der Waals surface area contributed by atoms with Gasteiger partial charge in [0.05, 0.1) is 5.92 Å². The molecule has 7 heteroatoms. The van der Waals surface area contributed by atoms with Gasteiger partial charge in [-0.15, -0.1) is 0 Å². The van der Waals surface area contributed by atoms with Crippen LogP contribution in [0.5, 0.6) is 0 Å². The fourth-order valence-corrected chi connectivity index (χ4v) is 5.05. The van der Waals surface area contributed by atoms with Gasteiger partial charge in [-0.05, 0) is 19.3 Å². The molecule has 108 valence electrons. The van der Waals surface area contributed by atoms with Crippen LogP contribution in [-0.4, -0.2) is 52.2 Å². The zero-order valence-corrected chi connectivity index (χ0v) is 12.4. The second-order valence-electron chi connectivity index (χ2n) is 4.97. The van der Waals surface area contributed by atoms with Crippen LogP contribution >= 0.6 is 23.5 Å². The summed E-state index contributed by atoms with van der Waals surface area (Å²) in [7, 11) is 0. The molecule has 3 atom stereocenters. The van der Waals surface area contributed by atoms with E-state index >= 15 is 0 Å². The Hall–Kier alpha value is -0.560.